The molecule has 3 heteroatoms. The Balaban J connectivity index is 2.26. The van der Waals surface area contributed by atoms with Gasteiger partial charge in [-0.05, 0) is 25.5 Å². The normalized spacial score (nSPS) is 21.5. The zero-order valence-corrected chi connectivity index (χ0v) is 8.03. The Bertz CT molecular complexity index is 348. The van der Waals surface area contributed by atoms with E-state index in [1.807, 2.05) is 6.20 Å². The third kappa shape index (κ3) is 1.75. The van der Waals surface area contributed by atoms with E-state index < -0.39 is 0 Å². The average Bonchev–Trinajstić information content (AvgIpc) is 2.30. The second-order valence-corrected chi connectivity index (χ2v) is 3.58. The fourth-order valence-electron chi connectivity index (χ4n) is 1.90. The van der Waals surface area contributed by atoms with E-state index in [0.717, 1.165) is 24.1 Å². The van der Waals surface area contributed by atoms with Gasteiger partial charge in [-0.2, -0.15) is 5.26 Å². The molecule has 0 aromatic carbocycles. The van der Waals surface area contributed by atoms with E-state index in [2.05, 4.69) is 16.4 Å². The van der Waals surface area contributed by atoms with Gasteiger partial charge in [-0.1, -0.05) is 6.42 Å². The summed E-state index contributed by atoms with van der Waals surface area (Å²) in [5.41, 5.74) is 1.80. The van der Waals surface area contributed by atoms with E-state index in [-0.39, 0.29) is 0 Å². The quantitative estimate of drug-likeness (QED) is 0.728. The molecular weight excluding hydrogens is 174 g/mol. The first-order valence-corrected chi connectivity index (χ1v) is 4.99. The van der Waals surface area contributed by atoms with Crippen LogP contribution < -0.4 is 5.32 Å². The number of hydrogen-bond donors (Lipinski definition) is 1. The molecule has 2 heterocycles. The zero-order valence-electron chi connectivity index (χ0n) is 8.03. The van der Waals surface area contributed by atoms with Gasteiger partial charge in [0.2, 0.25) is 0 Å². The molecule has 1 fully saturated rings. The van der Waals surface area contributed by atoms with Crippen LogP contribution in [0.3, 0.4) is 0 Å². The van der Waals surface area contributed by atoms with Gasteiger partial charge >= 0.3 is 0 Å². The number of nitrogens with zero attached hydrogens (tertiary/aromatic N) is 2. The highest BCUT2D eigenvalue weighted by molar-refractivity contribution is 5.37. The van der Waals surface area contributed by atoms with Crippen LogP contribution in [-0.2, 0) is 0 Å². The highest BCUT2D eigenvalue weighted by Crippen LogP contribution is 2.24. The minimum absolute atomic E-state index is 0.326. The predicted molar refractivity (Wildman–Crippen MR) is 53.5 cm³/mol. The molecule has 1 aliphatic rings. The maximum absolute atomic E-state index is 8.94. The monoisotopic (exact) mass is 187 g/mol. The number of rotatable bonds is 1. The molecule has 0 amide bonds. The van der Waals surface area contributed by atoms with Crippen LogP contribution in [0.5, 0.6) is 0 Å². The molecule has 0 radical (unpaired) electrons. The van der Waals surface area contributed by atoms with Crippen LogP contribution in [0, 0.1) is 11.3 Å². The molecule has 1 aromatic rings. The Hall–Kier alpha value is -1.40. The van der Waals surface area contributed by atoms with Gasteiger partial charge in [0, 0.05) is 24.0 Å². The van der Waals surface area contributed by atoms with E-state index >= 15 is 0 Å². The van der Waals surface area contributed by atoms with Crippen LogP contribution in [0.4, 0.5) is 0 Å². The lowest BCUT2D eigenvalue weighted by molar-refractivity contribution is 0.411. The summed E-state index contributed by atoms with van der Waals surface area (Å²) in [5.74, 6) is 0. The van der Waals surface area contributed by atoms with Crippen molar-refractivity contribution >= 4 is 0 Å². The Morgan fingerprint density at radius 2 is 2.43 bits per heavy atom. The van der Waals surface area contributed by atoms with Gasteiger partial charge in [0.05, 0.1) is 11.6 Å². The summed E-state index contributed by atoms with van der Waals surface area (Å²) in [6.45, 7) is 1.05. The fraction of sp³-hybridized carbons (Fsp3) is 0.455. The molecular formula is C11H13N3. The van der Waals surface area contributed by atoms with Crippen molar-refractivity contribution in [3.63, 3.8) is 0 Å². The van der Waals surface area contributed by atoms with Crippen LogP contribution in [0.15, 0.2) is 18.5 Å². The molecule has 2 rings (SSSR count). The second-order valence-electron chi connectivity index (χ2n) is 3.58. The lowest BCUT2D eigenvalue weighted by Crippen LogP contribution is -2.27. The second kappa shape index (κ2) is 4.21. The van der Waals surface area contributed by atoms with E-state index in [0.29, 0.717) is 6.04 Å². The van der Waals surface area contributed by atoms with Gasteiger partial charge in [0.15, 0.2) is 0 Å². The number of piperidine rings is 1. The zero-order chi connectivity index (χ0) is 9.80. The molecule has 1 N–H and O–H groups in total. The summed E-state index contributed by atoms with van der Waals surface area (Å²) >= 11 is 0. The predicted octanol–water partition coefficient (Wildman–Crippen LogP) is 1.77. The third-order valence-electron chi connectivity index (χ3n) is 2.66. The lowest BCUT2D eigenvalue weighted by atomic mass is 9.96. The first-order valence-electron chi connectivity index (χ1n) is 4.99. The number of nitriles is 1. The summed E-state index contributed by atoms with van der Waals surface area (Å²) < 4.78 is 0. The number of hydrogen-bond acceptors (Lipinski definition) is 3. The first-order chi connectivity index (χ1) is 6.92. The smallest absolute Gasteiger partial charge is 0.0996 e. The summed E-state index contributed by atoms with van der Waals surface area (Å²) in [7, 11) is 0. The number of pyridine rings is 1. The minimum Gasteiger partial charge on any atom is -0.310 e. The van der Waals surface area contributed by atoms with Crippen molar-refractivity contribution in [2.75, 3.05) is 6.54 Å². The van der Waals surface area contributed by atoms with Gasteiger partial charge in [0.25, 0.3) is 0 Å². The van der Waals surface area contributed by atoms with Gasteiger partial charge < -0.3 is 5.32 Å². The van der Waals surface area contributed by atoms with Crippen molar-refractivity contribution in [2.24, 2.45) is 0 Å². The molecule has 0 aliphatic carbocycles. The molecule has 1 saturated heterocycles. The third-order valence-corrected chi connectivity index (χ3v) is 2.66. The van der Waals surface area contributed by atoms with Crippen LogP contribution in [0.25, 0.3) is 0 Å². The number of aromatic nitrogens is 1. The Morgan fingerprint density at radius 1 is 1.50 bits per heavy atom. The van der Waals surface area contributed by atoms with E-state index in [9.17, 15) is 0 Å². The Morgan fingerprint density at radius 3 is 3.14 bits per heavy atom. The Labute approximate surface area is 83.8 Å². The van der Waals surface area contributed by atoms with Crippen molar-refractivity contribution in [2.45, 2.75) is 25.3 Å². The van der Waals surface area contributed by atoms with Crippen molar-refractivity contribution in [3.05, 3.63) is 29.6 Å². The van der Waals surface area contributed by atoms with Gasteiger partial charge in [-0.3, -0.25) is 4.98 Å². The molecule has 0 saturated carbocycles. The SMILES string of the molecule is N#Cc1ccncc1[C@@H]1CCCCN1. The van der Waals surface area contributed by atoms with E-state index in [1.54, 1.807) is 12.3 Å². The van der Waals surface area contributed by atoms with Crippen molar-refractivity contribution in [1.82, 2.24) is 10.3 Å². The van der Waals surface area contributed by atoms with Crippen LogP contribution in [0.2, 0.25) is 0 Å². The molecule has 0 spiro atoms. The van der Waals surface area contributed by atoms with Crippen molar-refractivity contribution in [3.8, 4) is 6.07 Å². The largest absolute Gasteiger partial charge is 0.310 e. The van der Waals surface area contributed by atoms with E-state index in [4.69, 9.17) is 5.26 Å². The van der Waals surface area contributed by atoms with Crippen LogP contribution >= 0.6 is 0 Å². The highest BCUT2D eigenvalue weighted by Gasteiger charge is 2.17. The molecule has 3 nitrogen and oxygen atoms in total. The van der Waals surface area contributed by atoms with Gasteiger partial charge in [-0.15, -0.1) is 0 Å². The molecule has 1 aliphatic heterocycles. The molecule has 72 valence electrons. The maximum Gasteiger partial charge on any atom is 0.0996 e. The summed E-state index contributed by atoms with van der Waals surface area (Å²) in [6.07, 6.45) is 7.06. The van der Waals surface area contributed by atoms with Gasteiger partial charge in [0.1, 0.15) is 0 Å². The Kier molecular flexibility index (Phi) is 2.76. The van der Waals surface area contributed by atoms with Crippen molar-refractivity contribution in [1.29, 1.82) is 5.26 Å². The van der Waals surface area contributed by atoms with Crippen molar-refractivity contribution < 1.29 is 0 Å². The topological polar surface area (TPSA) is 48.7 Å². The molecule has 0 bridgehead atoms. The molecule has 1 aromatic heterocycles. The minimum atomic E-state index is 0.326. The standard InChI is InChI=1S/C11H13N3/c12-7-9-4-6-13-8-10(9)11-3-1-2-5-14-11/h4,6,8,11,14H,1-3,5H2/t11-/m0/s1. The summed E-state index contributed by atoms with van der Waals surface area (Å²) in [4.78, 5) is 4.08. The molecule has 14 heavy (non-hydrogen) atoms. The van der Waals surface area contributed by atoms with Crippen LogP contribution in [0.1, 0.15) is 36.4 Å². The highest BCUT2D eigenvalue weighted by atomic mass is 14.9. The number of nitrogens with one attached hydrogen (secondary N) is 1. The molecule has 0 unspecified atom stereocenters. The van der Waals surface area contributed by atoms with E-state index in [1.165, 1.54) is 12.8 Å². The molecule has 1 atom stereocenters. The fourth-order valence-corrected chi connectivity index (χ4v) is 1.90. The first kappa shape index (κ1) is 9.17. The average molecular weight is 187 g/mol. The lowest BCUT2D eigenvalue weighted by Gasteiger charge is -2.24. The summed E-state index contributed by atoms with van der Waals surface area (Å²) in [5, 5.41) is 12.4. The maximum atomic E-state index is 8.94. The summed E-state index contributed by atoms with van der Waals surface area (Å²) in [6, 6.07) is 4.32. The van der Waals surface area contributed by atoms with Gasteiger partial charge in [-0.25, -0.2) is 0 Å². The van der Waals surface area contributed by atoms with Crippen LogP contribution in [-0.4, -0.2) is 11.5 Å².